The van der Waals surface area contributed by atoms with Gasteiger partial charge in [0.15, 0.2) is 6.71 Å². The molecule has 0 unspecified atom stereocenters. The van der Waals surface area contributed by atoms with Crippen LogP contribution in [0.3, 0.4) is 0 Å². The van der Waals surface area contributed by atoms with Crippen LogP contribution in [0.4, 0.5) is 0 Å². The number of rotatable bonds is 5. The number of pyridine rings is 2. The van der Waals surface area contributed by atoms with Crippen molar-refractivity contribution in [1.29, 1.82) is 0 Å². The van der Waals surface area contributed by atoms with E-state index in [4.69, 9.17) is 5.11 Å². The van der Waals surface area contributed by atoms with Gasteiger partial charge in [0.05, 0.1) is 0 Å². The van der Waals surface area contributed by atoms with Crippen LogP contribution in [0.5, 0.6) is 0 Å². The first-order valence-corrected chi connectivity index (χ1v) is 13.4. The van der Waals surface area contributed by atoms with Crippen LogP contribution in [0.2, 0.25) is 0 Å². The van der Waals surface area contributed by atoms with Gasteiger partial charge in [-0.15, -0.1) is 35.3 Å². The van der Waals surface area contributed by atoms with Gasteiger partial charge < -0.3 is 10.1 Å². The standard InChI is InChI=1S/C29H29BN.C6H5NO2.Ir/c1-19-15-21(3)28(22(4)16-19)30(29-23(5)17-20(2)18-24(29)6)26-12-10-25(11-13-26)27-9-7-8-14-31-27;8-6(9)5-3-1-2-4-7-5;/h7-10,12-18H,1-6H3;1-4H,(H,8,9);/q-1;;. The Labute approximate surface area is 257 Å². The molecule has 0 amide bonds. The van der Waals surface area contributed by atoms with Gasteiger partial charge in [-0.1, -0.05) is 86.8 Å². The Morgan fingerprint density at radius 3 is 1.59 bits per heavy atom. The Morgan fingerprint density at radius 1 is 0.707 bits per heavy atom. The Kier molecular flexibility index (Phi) is 10.9. The number of carbonyl (C=O) groups is 1. The summed E-state index contributed by atoms with van der Waals surface area (Å²) in [6, 6.07) is 30.1. The molecule has 0 aliphatic heterocycles. The fourth-order valence-electron chi connectivity index (χ4n) is 5.56. The molecule has 1 radical (unpaired) electrons. The van der Waals surface area contributed by atoms with Crippen LogP contribution < -0.4 is 16.4 Å². The van der Waals surface area contributed by atoms with Gasteiger partial charge in [-0.2, -0.15) is 0 Å². The minimum Gasteiger partial charge on any atom is -0.477 e. The van der Waals surface area contributed by atoms with Gasteiger partial charge in [0, 0.05) is 32.5 Å². The molecule has 5 rings (SSSR count). The van der Waals surface area contributed by atoms with Crippen LogP contribution in [0.15, 0.2) is 91.3 Å². The van der Waals surface area contributed by atoms with Crippen molar-refractivity contribution in [2.45, 2.75) is 41.5 Å². The van der Waals surface area contributed by atoms with E-state index < -0.39 is 5.97 Å². The van der Waals surface area contributed by atoms with Crippen molar-refractivity contribution in [1.82, 2.24) is 9.97 Å². The van der Waals surface area contributed by atoms with Gasteiger partial charge in [-0.25, -0.2) is 9.78 Å². The quantitative estimate of drug-likeness (QED) is 0.188. The zero-order chi connectivity index (χ0) is 28.8. The summed E-state index contributed by atoms with van der Waals surface area (Å²) in [7, 11) is 0. The molecule has 4 nitrogen and oxygen atoms in total. The minimum absolute atomic E-state index is 0. The monoisotopic (exact) mass is 718 g/mol. The van der Waals surface area contributed by atoms with E-state index in [1.807, 2.05) is 24.4 Å². The summed E-state index contributed by atoms with van der Waals surface area (Å²) in [6.45, 7) is 13.5. The van der Waals surface area contributed by atoms with Crippen molar-refractivity contribution in [3.63, 3.8) is 0 Å². The average molecular weight is 718 g/mol. The number of nitrogens with zero attached hydrogens (tertiary/aromatic N) is 2. The number of aromatic nitrogens is 2. The molecule has 3 aromatic carbocycles. The SMILES string of the molecule is Cc1cc(C)c(B(c2c[c-]c(-c3ccccn3)cc2)c2c(C)cc(C)cc2C)c(C)c1.O=C(O)c1ccccn1.[Ir]. The zero-order valence-corrected chi connectivity index (χ0v) is 26.7. The molecule has 0 aliphatic carbocycles. The largest absolute Gasteiger partial charge is 0.477 e. The Hall–Kier alpha value is -3.86. The molecule has 0 saturated carbocycles. The van der Waals surface area contributed by atoms with E-state index in [1.54, 1.807) is 12.1 Å². The number of hydrogen-bond acceptors (Lipinski definition) is 3. The molecular weight excluding hydrogens is 683 g/mol. The molecule has 209 valence electrons. The molecule has 1 N–H and O–H groups in total. The van der Waals surface area contributed by atoms with E-state index in [1.165, 1.54) is 62.0 Å². The summed E-state index contributed by atoms with van der Waals surface area (Å²) >= 11 is 0. The Morgan fingerprint density at radius 2 is 1.22 bits per heavy atom. The van der Waals surface area contributed by atoms with Crippen molar-refractivity contribution >= 4 is 29.1 Å². The topological polar surface area (TPSA) is 63.1 Å². The van der Waals surface area contributed by atoms with Crippen LogP contribution >= 0.6 is 0 Å². The van der Waals surface area contributed by atoms with E-state index >= 15 is 0 Å². The van der Waals surface area contributed by atoms with Crippen molar-refractivity contribution in [3.05, 3.63) is 136 Å². The third kappa shape index (κ3) is 7.67. The summed E-state index contributed by atoms with van der Waals surface area (Å²) in [5, 5.41) is 8.32. The molecule has 2 heterocycles. The maximum absolute atomic E-state index is 10.1. The zero-order valence-electron chi connectivity index (χ0n) is 24.3. The number of carboxylic acid groups (broad SMARTS) is 1. The van der Waals surface area contributed by atoms with Crippen molar-refractivity contribution in [2.75, 3.05) is 0 Å². The van der Waals surface area contributed by atoms with Gasteiger partial charge in [0.25, 0.3) is 0 Å². The van der Waals surface area contributed by atoms with Crippen LogP contribution in [-0.2, 0) is 20.1 Å². The number of benzene rings is 3. The number of aromatic carboxylic acids is 1. The fourth-order valence-corrected chi connectivity index (χ4v) is 5.56. The predicted molar refractivity (Wildman–Crippen MR) is 166 cm³/mol. The smallest absolute Gasteiger partial charge is 0.354 e. The first kappa shape index (κ1) is 31.7. The first-order valence-electron chi connectivity index (χ1n) is 13.4. The average Bonchev–Trinajstić information content (AvgIpc) is 2.92. The van der Waals surface area contributed by atoms with E-state index in [9.17, 15) is 4.79 Å². The van der Waals surface area contributed by atoms with Gasteiger partial charge in [0.2, 0.25) is 0 Å². The van der Waals surface area contributed by atoms with Gasteiger partial charge in [0.1, 0.15) is 5.69 Å². The third-order valence-corrected chi connectivity index (χ3v) is 7.05. The van der Waals surface area contributed by atoms with Crippen LogP contribution in [0.1, 0.15) is 43.9 Å². The van der Waals surface area contributed by atoms with Crippen LogP contribution in [0, 0.1) is 47.6 Å². The summed E-state index contributed by atoms with van der Waals surface area (Å²) in [5.41, 5.74) is 14.1. The van der Waals surface area contributed by atoms with E-state index in [0.717, 1.165) is 11.3 Å². The fraction of sp³-hybridized carbons (Fsp3) is 0.171. The normalized spacial score (nSPS) is 10.2. The molecule has 0 atom stereocenters. The predicted octanol–water partition coefficient (Wildman–Crippen LogP) is 5.69. The second kappa shape index (κ2) is 14.2. The van der Waals surface area contributed by atoms with E-state index in [2.05, 4.69) is 100 Å². The Balaban J connectivity index is 0.000000396. The summed E-state index contributed by atoms with van der Waals surface area (Å²) < 4.78 is 0. The summed E-state index contributed by atoms with van der Waals surface area (Å²) in [6.07, 6.45) is 3.28. The maximum atomic E-state index is 10.1. The third-order valence-electron chi connectivity index (χ3n) is 7.05. The molecule has 0 bridgehead atoms. The second-order valence-corrected chi connectivity index (χ2v) is 10.3. The van der Waals surface area contributed by atoms with Gasteiger partial charge in [-0.3, -0.25) is 0 Å². The molecule has 0 fully saturated rings. The molecular formula is C35H34BIrN2O2-. The van der Waals surface area contributed by atoms with E-state index in [0.29, 0.717) is 0 Å². The molecule has 5 aromatic rings. The van der Waals surface area contributed by atoms with Crippen molar-refractivity contribution in [2.24, 2.45) is 0 Å². The summed E-state index contributed by atoms with van der Waals surface area (Å²) in [4.78, 5) is 18.2. The van der Waals surface area contributed by atoms with Crippen molar-refractivity contribution < 1.29 is 30.0 Å². The molecule has 2 aromatic heterocycles. The van der Waals surface area contributed by atoms with Gasteiger partial charge >= 0.3 is 5.97 Å². The number of aryl methyl sites for hydroxylation is 6. The number of carboxylic acids is 1. The molecule has 41 heavy (non-hydrogen) atoms. The van der Waals surface area contributed by atoms with E-state index in [-0.39, 0.29) is 32.5 Å². The van der Waals surface area contributed by atoms with Crippen LogP contribution in [0.25, 0.3) is 11.3 Å². The molecule has 6 heteroatoms. The van der Waals surface area contributed by atoms with Crippen molar-refractivity contribution in [3.8, 4) is 11.3 Å². The van der Waals surface area contributed by atoms with Gasteiger partial charge in [-0.05, 0) is 65.4 Å². The molecule has 0 spiro atoms. The second-order valence-electron chi connectivity index (χ2n) is 10.3. The summed E-state index contributed by atoms with van der Waals surface area (Å²) in [5.74, 6) is -0.990. The van der Waals surface area contributed by atoms with Crippen LogP contribution in [-0.4, -0.2) is 27.8 Å². The Bertz CT molecular complexity index is 1520. The molecule has 0 aliphatic rings. The first-order chi connectivity index (χ1) is 19.2. The maximum Gasteiger partial charge on any atom is 0.354 e. The number of hydrogen-bond donors (Lipinski definition) is 1. The minimum atomic E-state index is -0.990. The molecule has 0 saturated heterocycles.